The van der Waals surface area contributed by atoms with Crippen molar-refractivity contribution in [1.29, 1.82) is 5.26 Å². The van der Waals surface area contributed by atoms with Crippen molar-refractivity contribution >= 4 is 0 Å². The molecule has 0 fully saturated rings. The molecule has 1 aromatic rings. The molecule has 0 amide bonds. The minimum absolute atomic E-state index is 0.240. The minimum Gasteiger partial charge on any atom is -0.354 e. The minimum atomic E-state index is 0.240. The quantitative estimate of drug-likeness (QED) is 0.788. The molecule has 3 nitrogen and oxygen atoms in total. The summed E-state index contributed by atoms with van der Waals surface area (Å²) >= 11 is 0. The Labute approximate surface area is 96.9 Å². The first kappa shape index (κ1) is 11.2. The van der Waals surface area contributed by atoms with E-state index in [1.165, 1.54) is 24.0 Å². The summed E-state index contributed by atoms with van der Waals surface area (Å²) in [6, 6.07) is 2.42. The van der Waals surface area contributed by atoms with Crippen LogP contribution in [0.1, 0.15) is 49.3 Å². The van der Waals surface area contributed by atoms with E-state index in [9.17, 15) is 0 Å². The second kappa shape index (κ2) is 5.18. The van der Waals surface area contributed by atoms with Gasteiger partial charge in [0.2, 0.25) is 0 Å². The standard InChI is InChI=1S/C13H19N3/c14-7-2-1-3-8-16-9-11-5-4-6-13(15)12(11)10-16/h9-10,13H,1-6,8,15H2. The summed E-state index contributed by atoms with van der Waals surface area (Å²) in [5.74, 6) is 0. The van der Waals surface area contributed by atoms with Crippen LogP contribution in [0.2, 0.25) is 0 Å². The Morgan fingerprint density at radius 3 is 3.06 bits per heavy atom. The Morgan fingerprint density at radius 1 is 1.44 bits per heavy atom. The Kier molecular flexibility index (Phi) is 3.63. The number of nitrogens with zero attached hydrogens (tertiary/aromatic N) is 2. The summed E-state index contributed by atoms with van der Waals surface area (Å²) in [5, 5.41) is 8.46. The predicted octanol–water partition coefficient (Wildman–Crippen LogP) is 2.52. The van der Waals surface area contributed by atoms with Crippen LogP contribution in [0.3, 0.4) is 0 Å². The van der Waals surface area contributed by atoms with Crippen molar-refractivity contribution in [2.24, 2.45) is 5.73 Å². The molecule has 0 saturated carbocycles. The zero-order chi connectivity index (χ0) is 11.4. The van der Waals surface area contributed by atoms with Crippen LogP contribution >= 0.6 is 0 Å². The SMILES string of the molecule is N#CCCCCn1cc2c(c1)C(N)CCC2. The number of rotatable bonds is 4. The van der Waals surface area contributed by atoms with Gasteiger partial charge < -0.3 is 10.3 Å². The van der Waals surface area contributed by atoms with Gasteiger partial charge in [-0.05, 0) is 43.2 Å². The first-order valence-electron chi connectivity index (χ1n) is 6.12. The average molecular weight is 217 g/mol. The molecule has 1 aliphatic rings. The topological polar surface area (TPSA) is 54.7 Å². The van der Waals surface area contributed by atoms with Crippen molar-refractivity contribution in [3.8, 4) is 6.07 Å². The molecular weight excluding hydrogens is 198 g/mol. The summed E-state index contributed by atoms with van der Waals surface area (Å²) < 4.78 is 2.24. The summed E-state index contributed by atoms with van der Waals surface area (Å²) in [5.41, 5.74) is 8.85. The van der Waals surface area contributed by atoms with E-state index in [2.05, 4.69) is 23.0 Å². The smallest absolute Gasteiger partial charge is 0.0621 e. The van der Waals surface area contributed by atoms with Crippen LogP contribution in [0.25, 0.3) is 0 Å². The monoisotopic (exact) mass is 217 g/mol. The molecule has 2 rings (SSSR count). The molecule has 0 spiro atoms. The van der Waals surface area contributed by atoms with Crippen LogP contribution in [-0.2, 0) is 13.0 Å². The summed E-state index contributed by atoms with van der Waals surface area (Å²) in [6.45, 7) is 1.02. The van der Waals surface area contributed by atoms with Gasteiger partial charge in [-0.1, -0.05) is 0 Å². The summed E-state index contributed by atoms with van der Waals surface area (Å²) in [4.78, 5) is 0. The van der Waals surface area contributed by atoms with E-state index < -0.39 is 0 Å². The van der Waals surface area contributed by atoms with E-state index >= 15 is 0 Å². The largest absolute Gasteiger partial charge is 0.354 e. The van der Waals surface area contributed by atoms with Gasteiger partial charge in [-0.25, -0.2) is 0 Å². The van der Waals surface area contributed by atoms with Gasteiger partial charge >= 0.3 is 0 Å². The third-order valence-electron chi connectivity index (χ3n) is 3.31. The number of aromatic nitrogens is 1. The third kappa shape index (κ3) is 2.45. The van der Waals surface area contributed by atoms with Crippen LogP contribution in [0, 0.1) is 11.3 Å². The number of nitriles is 1. The molecule has 3 heteroatoms. The fraction of sp³-hybridized carbons (Fsp3) is 0.615. The molecule has 0 bridgehead atoms. The molecule has 1 aliphatic carbocycles. The maximum atomic E-state index is 8.46. The lowest BCUT2D eigenvalue weighted by Gasteiger charge is -2.17. The molecular formula is C13H19N3. The van der Waals surface area contributed by atoms with Crippen LogP contribution in [0.15, 0.2) is 12.4 Å². The van der Waals surface area contributed by atoms with Gasteiger partial charge in [0.05, 0.1) is 6.07 Å². The van der Waals surface area contributed by atoms with Gasteiger partial charge in [0.1, 0.15) is 0 Å². The van der Waals surface area contributed by atoms with Gasteiger partial charge in [0.25, 0.3) is 0 Å². The van der Waals surface area contributed by atoms with Crippen molar-refractivity contribution in [2.75, 3.05) is 0 Å². The molecule has 16 heavy (non-hydrogen) atoms. The lowest BCUT2D eigenvalue weighted by atomic mass is 9.92. The molecule has 86 valence electrons. The fourth-order valence-corrected chi connectivity index (χ4v) is 2.41. The number of unbranched alkanes of at least 4 members (excludes halogenated alkanes) is 2. The van der Waals surface area contributed by atoms with Crippen molar-refractivity contribution in [3.05, 3.63) is 23.5 Å². The number of fused-ring (bicyclic) bond motifs is 1. The van der Waals surface area contributed by atoms with Crippen LogP contribution in [0.5, 0.6) is 0 Å². The number of hydrogen-bond acceptors (Lipinski definition) is 2. The van der Waals surface area contributed by atoms with Crippen molar-refractivity contribution in [1.82, 2.24) is 4.57 Å². The maximum absolute atomic E-state index is 8.46. The Morgan fingerprint density at radius 2 is 2.31 bits per heavy atom. The highest BCUT2D eigenvalue weighted by Crippen LogP contribution is 2.28. The van der Waals surface area contributed by atoms with E-state index in [-0.39, 0.29) is 6.04 Å². The molecule has 0 aliphatic heterocycles. The highest BCUT2D eigenvalue weighted by atomic mass is 14.9. The molecule has 1 unspecified atom stereocenters. The van der Waals surface area contributed by atoms with Gasteiger partial charge in [0.15, 0.2) is 0 Å². The lowest BCUT2D eigenvalue weighted by Crippen LogP contribution is -2.15. The molecule has 0 aromatic carbocycles. The summed E-state index contributed by atoms with van der Waals surface area (Å²) in [7, 11) is 0. The van der Waals surface area contributed by atoms with Gasteiger partial charge in [-0.3, -0.25) is 0 Å². The van der Waals surface area contributed by atoms with Gasteiger partial charge in [-0.15, -0.1) is 0 Å². The van der Waals surface area contributed by atoms with E-state index in [1.807, 2.05) is 0 Å². The molecule has 1 aromatic heterocycles. The highest BCUT2D eigenvalue weighted by Gasteiger charge is 2.18. The Bertz CT molecular complexity index is 386. The zero-order valence-corrected chi connectivity index (χ0v) is 9.65. The van der Waals surface area contributed by atoms with E-state index in [0.29, 0.717) is 6.42 Å². The van der Waals surface area contributed by atoms with E-state index in [0.717, 1.165) is 25.8 Å². The summed E-state index contributed by atoms with van der Waals surface area (Å²) in [6.07, 6.45) is 10.7. The van der Waals surface area contributed by atoms with Gasteiger partial charge in [-0.2, -0.15) is 5.26 Å². The third-order valence-corrected chi connectivity index (χ3v) is 3.31. The number of nitrogens with two attached hydrogens (primary N) is 1. The average Bonchev–Trinajstić information content (AvgIpc) is 2.69. The molecule has 1 atom stereocenters. The Hall–Kier alpha value is -1.27. The van der Waals surface area contributed by atoms with E-state index in [4.69, 9.17) is 11.0 Å². The number of aryl methyl sites for hydroxylation is 2. The van der Waals surface area contributed by atoms with Crippen molar-refractivity contribution in [3.63, 3.8) is 0 Å². The van der Waals surface area contributed by atoms with Crippen LogP contribution in [-0.4, -0.2) is 4.57 Å². The van der Waals surface area contributed by atoms with Crippen LogP contribution in [0.4, 0.5) is 0 Å². The number of hydrogen-bond donors (Lipinski definition) is 1. The molecule has 0 radical (unpaired) electrons. The highest BCUT2D eigenvalue weighted by molar-refractivity contribution is 5.29. The second-order valence-corrected chi connectivity index (χ2v) is 4.59. The zero-order valence-electron chi connectivity index (χ0n) is 9.65. The Balaban J connectivity index is 1.94. The first-order valence-corrected chi connectivity index (χ1v) is 6.12. The second-order valence-electron chi connectivity index (χ2n) is 4.59. The molecule has 2 N–H and O–H groups in total. The maximum Gasteiger partial charge on any atom is 0.0621 e. The van der Waals surface area contributed by atoms with Gasteiger partial charge in [0, 0.05) is 31.4 Å². The fourth-order valence-electron chi connectivity index (χ4n) is 2.41. The van der Waals surface area contributed by atoms with Crippen molar-refractivity contribution < 1.29 is 0 Å². The first-order chi connectivity index (χ1) is 7.81. The molecule has 0 saturated heterocycles. The van der Waals surface area contributed by atoms with Crippen molar-refractivity contribution in [2.45, 2.75) is 51.1 Å². The predicted molar refractivity (Wildman–Crippen MR) is 63.8 cm³/mol. The van der Waals surface area contributed by atoms with Crippen LogP contribution < -0.4 is 5.73 Å². The normalized spacial score (nSPS) is 19.1. The molecule has 1 heterocycles. The van der Waals surface area contributed by atoms with E-state index in [1.54, 1.807) is 0 Å². The lowest BCUT2D eigenvalue weighted by molar-refractivity contribution is 0.573.